The summed E-state index contributed by atoms with van der Waals surface area (Å²) in [5, 5.41) is 0. The van der Waals surface area contributed by atoms with Crippen LogP contribution in [-0.4, -0.2) is 20.1 Å². The minimum absolute atomic E-state index is 0.228. The second-order valence-electron chi connectivity index (χ2n) is 3.16. The van der Waals surface area contributed by atoms with Crippen LogP contribution in [0.25, 0.3) is 0 Å². The van der Waals surface area contributed by atoms with E-state index in [1.165, 1.54) is 31.4 Å². The van der Waals surface area contributed by atoms with Crippen molar-refractivity contribution < 1.29 is 17.7 Å². The van der Waals surface area contributed by atoms with Crippen LogP contribution in [0.5, 0.6) is 0 Å². The lowest BCUT2D eigenvalue weighted by Crippen LogP contribution is -2.08. The van der Waals surface area contributed by atoms with E-state index in [2.05, 4.69) is 6.58 Å². The van der Waals surface area contributed by atoms with Crippen LogP contribution in [0.1, 0.15) is 11.7 Å². The van der Waals surface area contributed by atoms with Gasteiger partial charge >= 0.3 is 0 Å². The fraction of sp³-hybridized carbons (Fsp3) is 0.200. The Balaban J connectivity index is 3.45. The Morgan fingerprint density at radius 1 is 1.56 bits per heavy atom. The van der Waals surface area contributed by atoms with Crippen LogP contribution < -0.4 is 5.73 Å². The van der Waals surface area contributed by atoms with Crippen molar-refractivity contribution in [2.24, 2.45) is 0 Å². The summed E-state index contributed by atoms with van der Waals surface area (Å²) in [6, 6.07) is 4.05. The standard InChI is InChI=1S/C10H13NO4S/c1-3-9(15-2)8-6-7(11)4-5-10(8)16(12,13)14/h3-6,9H,1,11H2,2H3,(H,12,13,14). The molecule has 3 N–H and O–H groups in total. The first-order valence-corrected chi connectivity index (χ1v) is 5.86. The predicted molar refractivity (Wildman–Crippen MR) is 60.6 cm³/mol. The van der Waals surface area contributed by atoms with Gasteiger partial charge in [-0.2, -0.15) is 8.42 Å². The van der Waals surface area contributed by atoms with Crippen LogP contribution >= 0.6 is 0 Å². The number of nitrogen functional groups attached to an aromatic ring is 1. The molecule has 88 valence electrons. The first-order chi connectivity index (χ1) is 7.40. The lowest BCUT2D eigenvalue weighted by Gasteiger charge is -2.14. The molecule has 6 heteroatoms. The first-order valence-electron chi connectivity index (χ1n) is 4.42. The van der Waals surface area contributed by atoms with Gasteiger partial charge < -0.3 is 10.5 Å². The Morgan fingerprint density at radius 2 is 2.19 bits per heavy atom. The quantitative estimate of drug-likeness (QED) is 0.474. The molecular formula is C10H13NO4S. The third kappa shape index (κ3) is 2.60. The average molecular weight is 243 g/mol. The fourth-order valence-electron chi connectivity index (χ4n) is 1.37. The predicted octanol–water partition coefficient (Wildman–Crippen LogP) is 1.39. The molecule has 0 bridgehead atoms. The van der Waals surface area contributed by atoms with Crippen LogP contribution in [0.3, 0.4) is 0 Å². The van der Waals surface area contributed by atoms with Crippen molar-refractivity contribution in [1.29, 1.82) is 0 Å². The largest absolute Gasteiger partial charge is 0.399 e. The molecule has 1 unspecified atom stereocenters. The highest BCUT2D eigenvalue weighted by Gasteiger charge is 2.20. The molecule has 1 atom stereocenters. The van der Waals surface area contributed by atoms with Gasteiger partial charge in [0.05, 0.1) is 0 Å². The van der Waals surface area contributed by atoms with Crippen molar-refractivity contribution in [3.8, 4) is 0 Å². The lowest BCUT2D eigenvalue weighted by molar-refractivity contribution is 0.140. The van der Waals surface area contributed by atoms with Crippen molar-refractivity contribution >= 4 is 15.8 Å². The molecule has 0 aliphatic rings. The highest BCUT2D eigenvalue weighted by Crippen LogP contribution is 2.27. The lowest BCUT2D eigenvalue weighted by atomic mass is 10.1. The molecular weight excluding hydrogens is 230 g/mol. The Hall–Kier alpha value is -1.37. The molecule has 0 saturated heterocycles. The summed E-state index contributed by atoms with van der Waals surface area (Å²) in [6.07, 6.45) is 0.782. The smallest absolute Gasteiger partial charge is 0.294 e. The van der Waals surface area contributed by atoms with Crippen molar-refractivity contribution in [2.75, 3.05) is 12.8 Å². The minimum atomic E-state index is -4.30. The second-order valence-corrected chi connectivity index (χ2v) is 4.55. The van der Waals surface area contributed by atoms with E-state index in [1.54, 1.807) is 0 Å². The number of nitrogens with two attached hydrogens (primary N) is 1. The van der Waals surface area contributed by atoms with Crippen LogP contribution in [0.15, 0.2) is 35.7 Å². The van der Waals surface area contributed by atoms with Gasteiger partial charge in [-0.1, -0.05) is 6.08 Å². The summed E-state index contributed by atoms with van der Waals surface area (Å²) in [4.78, 5) is -0.228. The Kier molecular flexibility index (Phi) is 3.69. The van der Waals surface area contributed by atoms with Crippen molar-refractivity contribution in [3.05, 3.63) is 36.4 Å². The summed E-state index contributed by atoms with van der Waals surface area (Å²) in [5.41, 5.74) is 6.20. The van der Waals surface area contributed by atoms with Crippen LogP contribution in [-0.2, 0) is 14.9 Å². The highest BCUT2D eigenvalue weighted by atomic mass is 32.2. The van der Waals surface area contributed by atoms with E-state index in [9.17, 15) is 8.42 Å². The number of rotatable bonds is 4. The Labute approximate surface area is 94.3 Å². The summed E-state index contributed by atoms with van der Waals surface area (Å²) in [6.45, 7) is 3.52. The van der Waals surface area contributed by atoms with E-state index in [0.717, 1.165) is 0 Å². The topological polar surface area (TPSA) is 89.6 Å². The first kappa shape index (κ1) is 12.7. The SMILES string of the molecule is C=CC(OC)c1cc(N)ccc1S(=O)(=O)O. The highest BCUT2D eigenvalue weighted by molar-refractivity contribution is 7.85. The van der Waals surface area contributed by atoms with E-state index >= 15 is 0 Å². The van der Waals surface area contributed by atoms with Gasteiger partial charge in [-0.05, 0) is 18.2 Å². The van der Waals surface area contributed by atoms with Crippen molar-refractivity contribution in [1.82, 2.24) is 0 Å². The molecule has 0 aliphatic carbocycles. The summed E-state index contributed by atoms with van der Waals surface area (Å²) in [7, 11) is -2.89. The number of benzene rings is 1. The van der Waals surface area contributed by atoms with Crippen LogP contribution in [0.4, 0.5) is 5.69 Å². The van der Waals surface area contributed by atoms with Gasteiger partial charge in [-0.3, -0.25) is 4.55 Å². The van der Waals surface area contributed by atoms with E-state index in [4.69, 9.17) is 15.0 Å². The molecule has 0 radical (unpaired) electrons. The number of anilines is 1. The van der Waals surface area contributed by atoms with Crippen LogP contribution in [0, 0.1) is 0 Å². The van der Waals surface area contributed by atoms with E-state index in [-0.39, 0.29) is 10.5 Å². The molecule has 0 heterocycles. The molecule has 0 amide bonds. The Morgan fingerprint density at radius 3 is 2.62 bits per heavy atom. The van der Waals surface area contributed by atoms with E-state index in [0.29, 0.717) is 5.69 Å². The molecule has 16 heavy (non-hydrogen) atoms. The van der Waals surface area contributed by atoms with Crippen molar-refractivity contribution in [3.63, 3.8) is 0 Å². The zero-order valence-electron chi connectivity index (χ0n) is 8.75. The number of hydrogen-bond acceptors (Lipinski definition) is 4. The third-order valence-corrected chi connectivity index (χ3v) is 3.01. The molecule has 5 nitrogen and oxygen atoms in total. The number of methoxy groups -OCH3 is 1. The van der Waals surface area contributed by atoms with E-state index < -0.39 is 16.2 Å². The van der Waals surface area contributed by atoms with Crippen molar-refractivity contribution in [2.45, 2.75) is 11.0 Å². The average Bonchev–Trinajstić information content (AvgIpc) is 2.17. The zero-order valence-corrected chi connectivity index (χ0v) is 9.57. The molecule has 0 aromatic heterocycles. The molecule has 1 rings (SSSR count). The van der Waals surface area contributed by atoms with E-state index in [1.807, 2.05) is 0 Å². The molecule has 1 aromatic rings. The van der Waals surface area contributed by atoms with Gasteiger partial charge in [-0.15, -0.1) is 6.58 Å². The second kappa shape index (κ2) is 4.65. The fourth-order valence-corrected chi connectivity index (χ4v) is 2.09. The maximum absolute atomic E-state index is 11.1. The molecule has 1 aromatic carbocycles. The molecule has 0 aliphatic heterocycles. The number of ether oxygens (including phenoxy) is 1. The van der Waals surface area contributed by atoms with Crippen LogP contribution in [0.2, 0.25) is 0 Å². The zero-order chi connectivity index (χ0) is 12.3. The normalized spacial score (nSPS) is 13.4. The summed E-state index contributed by atoms with van der Waals surface area (Å²) < 4.78 is 36.3. The maximum Gasteiger partial charge on any atom is 0.294 e. The molecule has 0 saturated carbocycles. The van der Waals surface area contributed by atoms with Gasteiger partial charge in [0.15, 0.2) is 0 Å². The van der Waals surface area contributed by atoms with Gasteiger partial charge in [0.25, 0.3) is 10.1 Å². The summed E-state index contributed by atoms with van der Waals surface area (Å²) >= 11 is 0. The Bertz CT molecular complexity index is 496. The molecule has 0 spiro atoms. The van der Waals surface area contributed by atoms with Gasteiger partial charge in [0.2, 0.25) is 0 Å². The maximum atomic E-state index is 11.1. The monoisotopic (exact) mass is 243 g/mol. The summed E-state index contributed by atoms with van der Waals surface area (Å²) in [5.74, 6) is 0. The number of hydrogen-bond donors (Lipinski definition) is 2. The third-order valence-electron chi connectivity index (χ3n) is 2.09. The minimum Gasteiger partial charge on any atom is -0.399 e. The van der Waals surface area contributed by atoms with Gasteiger partial charge in [-0.25, -0.2) is 0 Å². The van der Waals surface area contributed by atoms with Gasteiger partial charge in [0.1, 0.15) is 11.0 Å². The van der Waals surface area contributed by atoms with Gasteiger partial charge in [0, 0.05) is 18.4 Å². The molecule has 0 fully saturated rings.